The Kier molecular flexibility index (Phi) is 3.66. The second-order valence-electron chi connectivity index (χ2n) is 4.89. The highest BCUT2D eigenvalue weighted by Gasteiger charge is 2.39. The summed E-state index contributed by atoms with van der Waals surface area (Å²) in [5.41, 5.74) is 0. The highest BCUT2D eigenvalue weighted by molar-refractivity contribution is 5.75. The van der Waals surface area contributed by atoms with Gasteiger partial charge in [0.1, 0.15) is 0 Å². The van der Waals surface area contributed by atoms with Gasteiger partial charge in [-0.2, -0.15) is 0 Å². The first-order valence-corrected chi connectivity index (χ1v) is 6.21. The van der Waals surface area contributed by atoms with E-state index in [4.69, 9.17) is 9.84 Å². The molecule has 96 valence electrons. The third-order valence-electron chi connectivity index (χ3n) is 3.79. The Hall–Kier alpha value is -1.10. The molecular weight excluding hydrogens is 222 g/mol. The third-order valence-corrected chi connectivity index (χ3v) is 3.79. The van der Waals surface area contributed by atoms with Crippen LogP contribution in [-0.4, -0.2) is 47.2 Å². The first kappa shape index (κ1) is 12.4. The number of hydrogen-bond acceptors (Lipinski definition) is 3. The number of rotatable bonds is 2. The molecule has 3 atom stereocenters. The molecule has 0 aromatic carbocycles. The molecule has 17 heavy (non-hydrogen) atoms. The lowest BCUT2D eigenvalue weighted by molar-refractivity contribution is -0.149. The summed E-state index contributed by atoms with van der Waals surface area (Å²) < 4.78 is 5.61. The van der Waals surface area contributed by atoms with Crippen molar-refractivity contribution in [2.24, 2.45) is 5.92 Å². The number of ether oxygens (including phenoxy) is 1. The molecular formula is C12H19NO4. The highest BCUT2D eigenvalue weighted by Crippen LogP contribution is 2.30. The van der Waals surface area contributed by atoms with Crippen molar-refractivity contribution in [2.45, 2.75) is 44.8 Å². The summed E-state index contributed by atoms with van der Waals surface area (Å²) in [5.74, 6) is -1.06. The van der Waals surface area contributed by atoms with Gasteiger partial charge in [0.05, 0.1) is 18.1 Å². The number of hydrogen-bond donors (Lipinski definition) is 1. The fourth-order valence-electron chi connectivity index (χ4n) is 2.87. The number of aliphatic carboxylic acids is 1. The molecule has 2 saturated heterocycles. The van der Waals surface area contributed by atoms with Gasteiger partial charge in [0.15, 0.2) is 0 Å². The van der Waals surface area contributed by atoms with Crippen LogP contribution in [0.2, 0.25) is 0 Å². The van der Waals surface area contributed by atoms with Crippen molar-refractivity contribution in [3.8, 4) is 0 Å². The lowest BCUT2D eigenvalue weighted by atomic mass is 9.87. The van der Waals surface area contributed by atoms with Crippen molar-refractivity contribution in [3.05, 3.63) is 0 Å². The van der Waals surface area contributed by atoms with Crippen LogP contribution >= 0.6 is 0 Å². The van der Waals surface area contributed by atoms with E-state index in [1.165, 1.54) is 0 Å². The van der Waals surface area contributed by atoms with Gasteiger partial charge in [-0.3, -0.25) is 9.59 Å². The van der Waals surface area contributed by atoms with Gasteiger partial charge >= 0.3 is 5.97 Å². The van der Waals surface area contributed by atoms with Gasteiger partial charge in [0.25, 0.3) is 0 Å². The molecule has 0 saturated carbocycles. The van der Waals surface area contributed by atoms with Crippen molar-refractivity contribution in [1.82, 2.24) is 4.90 Å². The smallest absolute Gasteiger partial charge is 0.306 e. The van der Waals surface area contributed by atoms with Crippen LogP contribution in [0.25, 0.3) is 0 Å². The minimum atomic E-state index is -0.754. The number of likely N-dealkylation sites (tertiary alicyclic amines) is 1. The van der Waals surface area contributed by atoms with Crippen LogP contribution < -0.4 is 0 Å². The number of amides is 1. The maximum Gasteiger partial charge on any atom is 0.306 e. The van der Waals surface area contributed by atoms with E-state index in [2.05, 4.69) is 0 Å². The Labute approximate surface area is 101 Å². The summed E-state index contributed by atoms with van der Waals surface area (Å²) in [5, 5.41) is 9.08. The van der Waals surface area contributed by atoms with Gasteiger partial charge in [0, 0.05) is 20.1 Å². The largest absolute Gasteiger partial charge is 0.481 e. The first-order valence-electron chi connectivity index (χ1n) is 6.21. The van der Waals surface area contributed by atoms with E-state index in [0.717, 1.165) is 19.4 Å². The number of carboxylic acid groups (broad SMARTS) is 1. The number of carbonyl (C=O) groups is 2. The van der Waals surface area contributed by atoms with Gasteiger partial charge in [-0.25, -0.2) is 0 Å². The Bertz CT molecular complexity index is 312. The minimum Gasteiger partial charge on any atom is -0.481 e. The monoisotopic (exact) mass is 241 g/mol. The van der Waals surface area contributed by atoms with Crippen LogP contribution in [0.5, 0.6) is 0 Å². The zero-order valence-corrected chi connectivity index (χ0v) is 10.1. The Morgan fingerprint density at radius 3 is 2.65 bits per heavy atom. The van der Waals surface area contributed by atoms with Gasteiger partial charge < -0.3 is 14.7 Å². The number of carbonyl (C=O) groups excluding carboxylic acids is 1. The summed E-state index contributed by atoms with van der Waals surface area (Å²) >= 11 is 0. The third kappa shape index (κ3) is 2.60. The standard InChI is InChI=1S/C12H19NO4/c1-8(14)13-5-4-9(12(15)16)7-10(13)11-3-2-6-17-11/h9-11H,2-7H2,1H3,(H,15,16). The summed E-state index contributed by atoms with van der Waals surface area (Å²) in [4.78, 5) is 24.4. The first-order chi connectivity index (χ1) is 8.09. The Morgan fingerprint density at radius 1 is 1.35 bits per heavy atom. The zero-order valence-electron chi connectivity index (χ0n) is 10.1. The van der Waals surface area contributed by atoms with Crippen LogP contribution in [0.4, 0.5) is 0 Å². The van der Waals surface area contributed by atoms with Gasteiger partial charge in [-0.05, 0) is 25.7 Å². The average Bonchev–Trinajstić information content (AvgIpc) is 2.81. The predicted octanol–water partition coefficient (Wildman–Crippen LogP) is 0.877. The maximum atomic E-state index is 11.6. The Morgan fingerprint density at radius 2 is 2.12 bits per heavy atom. The molecule has 2 heterocycles. The molecule has 3 unspecified atom stereocenters. The van der Waals surface area contributed by atoms with E-state index in [1.807, 2.05) is 0 Å². The molecule has 0 aliphatic carbocycles. The van der Waals surface area contributed by atoms with Gasteiger partial charge in [-0.1, -0.05) is 0 Å². The molecule has 0 bridgehead atoms. The summed E-state index contributed by atoms with van der Waals surface area (Å²) in [6.45, 7) is 2.81. The van der Waals surface area contributed by atoms with Gasteiger partial charge in [0.2, 0.25) is 5.91 Å². The quantitative estimate of drug-likeness (QED) is 0.779. The second kappa shape index (κ2) is 5.04. The highest BCUT2D eigenvalue weighted by atomic mass is 16.5. The molecule has 2 fully saturated rings. The van der Waals surface area contributed by atoms with Crippen molar-refractivity contribution < 1.29 is 19.4 Å². The molecule has 0 aromatic heterocycles. The number of carboxylic acids is 1. The van der Waals surface area contributed by atoms with Crippen LogP contribution in [0.1, 0.15) is 32.6 Å². The van der Waals surface area contributed by atoms with Crippen LogP contribution in [-0.2, 0) is 14.3 Å². The van der Waals surface area contributed by atoms with Crippen molar-refractivity contribution in [3.63, 3.8) is 0 Å². The van der Waals surface area contributed by atoms with Crippen LogP contribution in [0, 0.1) is 5.92 Å². The SMILES string of the molecule is CC(=O)N1CCC(C(=O)O)CC1C1CCCO1. The lowest BCUT2D eigenvalue weighted by Gasteiger charge is -2.40. The average molecular weight is 241 g/mol. The summed E-state index contributed by atoms with van der Waals surface area (Å²) in [6.07, 6.45) is 3.05. The minimum absolute atomic E-state index is 0.0225. The summed E-state index contributed by atoms with van der Waals surface area (Å²) in [7, 11) is 0. The van der Waals surface area contributed by atoms with Crippen LogP contribution in [0.3, 0.4) is 0 Å². The van der Waals surface area contributed by atoms with Gasteiger partial charge in [-0.15, -0.1) is 0 Å². The molecule has 0 aromatic rings. The zero-order chi connectivity index (χ0) is 12.4. The van der Waals surface area contributed by atoms with E-state index in [1.54, 1.807) is 11.8 Å². The number of nitrogens with zero attached hydrogens (tertiary/aromatic N) is 1. The molecule has 5 nitrogen and oxygen atoms in total. The summed E-state index contributed by atoms with van der Waals surface area (Å²) in [6, 6.07) is -0.0511. The molecule has 0 radical (unpaired) electrons. The van der Waals surface area contributed by atoms with Crippen molar-refractivity contribution in [2.75, 3.05) is 13.2 Å². The Balaban J connectivity index is 2.09. The van der Waals surface area contributed by atoms with Crippen molar-refractivity contribution >= 4 is 11.9 Å². The number of piperidine rings is 1. The van der Waals surface area contributed by atoms with E-state index in [9.17, 15) is 9.59 Å². The normalized spacial score (nSPS) is 33.7. The fraction of sp³-hybridized carbons (Fsp3) is 0.833. The fourth-order valence-corrected chi connectivity index (χ4v) is 2.87. The molecule has 2 aliphatic rings. The van der Waals surface area contributed by atoms with Crippen LogP contribution in [0.15, 0.2) is 0 Å². The van der Waals surface area contributed by atoms with E-state index >= 15 is 0 Å². The molecule has 1 amide bonds. The van der Waals surface area contributed by atoms with E-state index in [0.29, 0.717) is 19.4 Å². The molecule has 2 aliphatic heterocycles. The van der Waals surface area contributed by atoms with Crippen molar-refractivity contribution in [1.29, 1.82) is 0 Å². The molecule has 2 rings (SSSR count). The van der Waals surface area contributed by atoms with E-state index < -0.39 is 5.97 Å². The van der Waals surface area contributed by atoms with E-state index in [-0.39, 0.29) is 24.0 Å². The molecule has 1 N–H and O–H groups in total. The molecule has 5 heteroatoms. The maximum absolute atomic E-state index is 11.6. The lowest BCUT2D eigenvalue weighted by Crippen LogP contribution is -2.51. The molecule has 0 spiro atoms. The predicted molar refractivity (Wildman–Crippen MR) is 60.5 cm³/mol. The second-order valence-corrected chi connectivity index (χ2v) is 4.89. The topological polar surface area (TPSA) is 66.8 Å².